The smallest absolute Gasteiger partial charge is 0.120 e. The fraction of sp³-hybridized carbons (Fsp3) is 0.286. The molecule has 0 aliphatic rings. The van der Waals surface area contributed by atoms with Crippen LogP contribution in [0, 0.1) is 6.92 Å². The summed E-state index contributed by atoms with van der Waals surface area (Å²) in [5.74, 6) is 0.281. The van der Waals surface area contributed by atoms with E-state index in [4.69, 9.17) is 0 Å². The van der Waals surface area contributed by atoms with Gasteiger partial charge in [0.15, 0.2) is 0 Å². The number of carbonyl (C=O) groups excluding carboxylic acids is 1. The van der Waals surface area contributed by atoms with Gasteiger partial charge in [-0.2, -0.15) is 0 Å². The Morgan fingerprint density at radius 2 is 2.12 bits per heavy atom. The van der Waals surface area contributed by atoms with Crippen molar-refractivity contribution in [1.29, 1.82) is 0 Å². The van der Waals surface area contributed by atoms with Gasteiger partial charge in [0.2, 0.25) is 0 Å². The number of hydrogen-bond donors (Lipinski definition) is 0. The summed E-state index contributed by atoms with van der Waals surface area (Å²) in [5, 5.41) is 2.34. The number of carbonyl (C=O) groups is 1. The maximum absolute atomic E-state index is 10.5. The Morgan fingerprint density at radius 3 is 2.88 bits per heavy atom. The molecule has 16 heavy (non-hydrogen) atoms. The van der Waals surface area contributed by atoms with Crippen LogP contribution in [-0.2, 0) is 4.79 Å². The molecule has 1 heterocycles. The molecule has 1 aromatic heterocycles. The number of pyridine rings is 1. The Labute approximate surface area is 95.3 Å². The first-order chi connectivity index (χ1) is 7.70. The standard InChI is InChI=1S/C14H15NO/c1-10(5-6-16)12-3-4-13-7-11(2)15-9-14(13)8-12/h3-4,6-10H,5H2,1-2H3. The second kappa shape index (κ2) is 4.44. The molecular weight excluding hydrogens is 198 g/mol. The number of hydrogen-bond acceptors (Lipinski definition) is 2. The van der Waals surface area contributed by atoms with Crippen molar-refractivity contribution in [3.63, 3.8) is 0 Å². The summed E-state index contributed by atoms with van der Waals surface area (Å²) in [6, 6.07) is 8.38. The lowest BCUT2D eigenvalue weighted by molar-refractivity contribution is -0.108. The van der Waals surface area contributed by atoms with E-state index in [1.165, 1.54) is 10.9 Å². The Morgan fingerprint density at radius 1 is 1.31 bits per heavy atom. The van der Waals surface area contributed by atoms with Crippen LogP contribution in [-0.4, -0.2) is 11.3 Å². The van der Waals surface area contributed by atoms with Crippen LogP contribution in [0.2, 0.25) is 0 Å². The van der Waals surface area contributed by atoms with Gasteiger partial charge in [0.1, 0.15) is 6.29 Å². The van der Waals surface area contributed by atoms with E-state index >= 15 is 0 Å². The van der Waals surface area contributed by atoms with E-state index in [-0.39, 0.29) is 5.92 Å². The topological polar surface area (TPSA) is 30.0 Å². The molecule has 0 fully saturated rings. The highest BCUT2D eigenvalue weighted by Crippen LogP contribution is 2.23. The Kier molecular flexibility index (Phi) is 3.00. The minimum Gasteiger partial charge on any atom is -0.303 e. The number of aromatic nitrogens is 1. The molecule has 0 N–H and O–H groups in total. The molecule has 0 aliphatic heterocycles. The summed E-state index contributed by atoms with van der Waals surface area (Å²) in [6.45, 7) is 4.06. The molecule has 82 valence electrons. The molecular formula is C14H15NO. The van der Waals surface area contributed by atoms with Crippen LogP contribution in [0.25, 0.3) is 10.8 Å². The van der Waals surface area contributed by atoms with E-state index < -0.39 is 0 Å². The minimum atomic E-state index is 0.281. The van der Waals surface area contributed by atoms with Gasteiger partial charge in [0.25, 0.3) is 0 Å². The normalized spacial score (nSPS) is 12.6. The number of rotatable bonds is 3. The lowest BCUT2D eigenvalue weighted by Gasteiger charge is -2.09. The molecule has 0 aliphatic carbocycles. The molecule has 0 spiro atoms. The van der Waals surface area contributed by atoms with Crippen molar-refractivity contribution in [2.24, 2.45) is 0 Å². The van der Waals surface area contributed by atoms with E-state index in [9.17, 15) is 4.79 Å². The molecule has 0 amide bonds. The summed E-state index contributed by atoms with van der Waals surface area (Å²) < 4.78 is 0. The van der Waals surface area contributed by atoms with Crippen LogP contribution in [0.15, 0.2) is 30.5 Å². The fourth-order valence-corrected chi connectivity index (χ4v) is 1.86. The quantitative estimate of drug-likeness (QED) is 0.733. The molecule has 0 radical (unpaired) electrons. The zero-order valence-corrected chi connectivity index (χ0v) is 9.60. The zero-order chi connectivity index (χ0) is 11.5. The van der Waals surface area contributed by atoms with E-state index in [2.05, 4.69) is 36.2 Å². The third-order valence-corrected chi connectivity index (χ3v) is 2.90. The fourth-order valence-electron chi connectivity index (χ4n) is 1.86. The predicted molar refractivity (Wildman–Crippen MR) is 65.6 cm³/mol. The molecule has 0 saturated carbocycles. The summed E-state index contributed by atoms with van der Waals surface area (Å²) in [6.07, 6.45) is 3.44. The van der Waals surface area contributed by atoms with Gasteiger partial charge in [0.05, 0.1) is 0 Å². The highest BCUT2D eigenvalue weighted by molar-refractivity contribution is 5.82. The van der Waals surface area contributed by atoms with Gasteiger partial charge >= 0.3 is 0 Å². The molecule has 2 nitrogen and oxygen atoms in total. The van der Waals surface area contributed by atoms with Crippen molar-refractivity contribution >= 4 is 17.1 Å². The summed E-state index contributed by atoms with van der Waals surface area (Å²) >= 11 is 0. The molecule has 2 rings (SSSR count). The maximum atomic E-state index is 10.5. The van der Waals surface area contributed by atoms with Gasteiger partial charge in [-0.1, -0.05) is 19.1 Å². The molecule has 1 aromatic carbocycles. The number of aryl methyl sites for hydroxylation is 1. The monoisotopic (exact) mass is 213 g/mol. The second-order valence-electron chi connectivity index (χ2n) is 4.24. The SMILES string of the molecule is Cc1cc2ccc(C(C)CC=O)cc2cn1. The highest BCUT2D eigenvalue weighted by Gasteiger charge is 2.05. The number of benzene rings is 1. The summed E-state index contributed by atoms with van der Waals surface area (Å²) in [7, 11) is 0. The number of aldehydes is 1. The van der Waals surface area contributed by atoms with Crippen molar-refractivity contribution in [2.75, 3.05) is 0 Å². The van der Waals surface area contributed by atoms with Crippen molar-refractivity contribution in [3.05, 3.63) is 41.7 Å². The average molecular weight is 213 g/mol. The van der Waals surface area contributed by atoms with E-state index in [0.717, 1.165) is 17.4 Å². The van der Waals surface area contributed by atoms with Crippen molar-refractivity contribution in [1.82, 2.24) is 4.98 Å². The Hall–Kier alpha value is -1.70. The lowest BCUT2D eigenvalue weighted by atomic mass is 9.96. The van der Waals surface area contributed by atoms with E-state index in [0.29, 0.717) is 6.42 Å². The van der Waals surface area contributed by atoms with E-state index in [1.54, 1.807) is 0 Å². The van der Waals surface area contributed by atoms with Crippen LogP contribution in [0.4, 0.5) is 0 Å². The molecule has 1 atom stereocenters. The van der Waals surface area contributed by atoms with Crippen molar-refractivity contribution in [2.45, 2.75) is 26.2 Å². The minimum absolute atomic E-state index is 0.281. The van der Waals surface area contributed by atoms with Gasteiger partial charge in [-0.25, -0.2) is 0 Å². The summed E-state index contributed by atoms with van der Waals surface area (Å²) in [5.41, 5.74) is 2.23. The third kappa shape index (κ3) is 2.11. The number of nitrogens with zero attached hydrogens (tertiary/aromatic N) is 1. The third-order valence-electron chi connectivity index (χ3n) is 2.90. The molecule has 2 aromatic rings. The van der Waals surface area contributed by atoms with Crippen LogP contribution in [0.5, 0.6) is 0 Å². The van der Waals surface area contributed by atoms with Gasteiger partial charge in [-0.05, 0) is 35.9 Å². The average Bonchev–Trinajstić information content (AvgIpc) is 2.28. The van der Waals surface area contributed by atoms with E-state index in [1.807, 2.05) is 13.1 Å². The van der Waals surface area contributed by atoms with Crippen LogP contribution in [0.1, 0.15) is 30.5 Å². The predicted octanol–water partition coefficient (Wildman–Crippen LogP) is 3.24. The Balaban J connectivity index is 2.44. The lowest BCUT2D eigenvalue weighted by Crippen LogP contribution is -1.94. The largest absolute Gasteiger partial charge is 0.303 e. The summed E-state index contributed by atoms with van der Waals surface area (Å²) in [4.78, 5) is 14.8. The van der Waals surface area contributed by atoms with Gasteiger partial charge < -0.3 is 4.79 Å². The molecule has 1 unspecified atom stereocenters. The van der Waals surface area contributed by atoms with Crippen LogP contribution >= 0.6 is 0 Å². The van der Waals surface area contributed by atoms with Crippen LogP contribution in [0.3, 0.4) is 0 Å². The van der Waals surface area contributed by atoms with Crippen molar-refractivity contribution in [3.8, 4) is 0 Å². The molecule has 2 heteroatoms. The first-order valence-electron chi connectivity index (χ1n) is 5.50. The first kappa shape index (κ1) is 10.8. The number of fused-ring (bicyclic) bond motifs is 1. The van der Waals surface area contributed by atoms with Crippen LogP contribution < -0.4 is 0 Å². The molecule has 0 bridgehead atoms. The van der Waals surface area contributed by atoms with Crippen molar-refractivity contribution < 1.29 is 4.79 Å². The van der Waals surface area contributed by atoms with Gasteiger partial charge in [0, 0.05) is 23.7 Å². The molecule has 0 saturated heterocycles. The second-order valence-corrected chi connectivity index (χ2v) is 4.24. The highest BCUT2D eigenvalue weighted by atomic mass is 16.1. The van der Waals surface area contributed by atoms with Gasteiger partial charge in [-0.15, -0.1) is 0 Å². The van der Waals surface area contributed by atoms with Gasteiger partial charge in [-0.3, -0.25) is 4.98 Å². The Bertz CT molecular complexity index is 519. The maximum Gasteiger partial charge on any atom is 0.120 e. The first-order valence-corrected chi connectivity index (χ1v) is 5.50. The zero-order valence-electron chi connectivity index (χ0n) is 9.60.